The fraction of sp³-hybridized carbons (Fsp3) is 0.972. The Kier molecular flexibility index (Phi) is 33.6. The molecule has 2 unspecified atom stereocenters. The topological polar surface area (TPSA) is 26.3 Å². The van der Waals surface area contributed by atoms with Gasteiger partial charge in [0.05, 0.1) is 6.61 Å². The Hall–Kier alpha value is 0.0500. The first-order valence-electron chi connectivity index (χ1n) is 18.1. The van der Waals surface area contributed by atoms with Gasteiger partial charge >= 0.3 is 5.97 Å². The van der Waals surface area contributed by atoms with E-state index < -0.39 is 0 Å². The lowest BCUT2D eigenvalue weighted by atomic mass is 10.0. The van der Waals surface area contributed by atoms with Crippen molar-refractivity contribution in [1.29, 1.82) is 0 Å². The molecule has 0 saturated heterocycles. The van der Waals surface area contributed by atoms with Gasteiger partial charge in [0.15, 0.2) is 0 Å². The number of halogens is 2. The highest BCUT2D eigenvalue weighted by Gasteiger charge is 2.15. The van der Waals surface area contributed by atoms with Crippen molar-refractivity contribution in [3.63, 3.8) is 0 Å². The van der Waals surface area contributed by atoms with Crippen LogP contribution in [0.4, 0.5) is 0 Å². The fourth-order valence-corrected chi connectivity index (χ4v) is 6.09. The Labute approximate surface area is 261 Å². The third-order valence-electron chi connectivity index (χ3n) is 8.35. The summed E-state index contributed by atoms with van der Waals surface area (Å²) in [6, 6.07) is 0. The van der Waals surface area contributed by atoms with Crippen molar-refractivity contribution in [2.45, 2.75) is 217 Å². The molecule has 0 aromatic heterocycles. The molecule has 0 aliphatic heterocycles. The molecule has 0 aromatic carbocycles. The van der Waals surface area contributed by atoms with Gasteiger partial charge in [0, 0.05) is 17.2 Å². The number of alkyl halides is 2. The molecule has 0 rings (SSSR count). The maximum absolute atomic E-state index is 12.0. The average molecular weight is 606 g/mol. The molecule has 0 amide bonds. The molecule has 0 aliphatic rings. The van der Waals surface area contributed by atoms with E-state index in [4.69, 9.17) is 27.9 Å². The van der Waals surface area contributed by atoms with E-state index >= 15 is 0 Å². The zero-order chi connectivity index (χ0) is 29.4. The van der Waals surface area contributed by atoms with Crippen LogP contribution in [0.3, 0.4) is 0 Å². The number of hydrogen-bond acceptors (Lipinski definition) is 2. The molecule has 0 fully saturated rings. The fourth-order valence-electron chi connectivity index (χ4n) is 5.53. The molecule has 0 aromatic rings. The van der Waals surface area contributed by atoms with Gasteiger partial charge < -0.3 is 4.74 Å². The lowest BCUT2D eigenvalue weighted by Crippen LogP contribution is -2.14. The van der Waals surface area contributed by atoms with Gasteiger partial charge in [-0.3, -0.25) is 4.79 Å². The molecule has 0 spiro atoms. The number of ether oxygens (including phenoxy) is 1. The molecule has 0 aliphatic carbocycles. The van der Waals surface area contributed by atoms with Gasteiger partial charge in [-0.25, -0.2) is 0 Å². The highest BCUT2D eigenvalue weighted by molar-refractivity contribution is 6.29. The third kappa shape index (κ3) is 31.0. The van der Waals surface area contributed by atoms with Crippen molar-refractivity contribution in [3.8, 4) is 0 Å². The summed E-state index contributed by atoms with van der Waals surface area (Å²) < 4.78 is 5.44. The first-order valence-corrected chi connectivity index (χ1v) is 18.9. The number of rotatable bonds is 33. The van der Waals surface area contributed by atoms with Gasteiger partial charge in [0.25, 0.3) is 0 Å². The zero-order valence-corrected chi connectivity index (χ0v) is 28.7. The van der Waals surface area contributed by atoms with Crippen LogP contribution >= 0.6 is 23.2 Å². The summed E-state index contributed by atoms with van der Waals surface area (Å²) in [7, 11) is 0. The summed E-state index contributed by atoms with van der Waals surface area (Å²) in [5.41, 5.74) is 0. The Morgan fingerprint density at radius 2 is 0.750 bits per heavy atom. The van der Waals surface area contributed by atoms with E-state index in [2.05, 4.69) is 13.8 Å². The lowest BCUT2D eigenvalue weighted by molar-refractivity contribution is -0.143. The van der Waals surface area contributed by atoms with Crippen molar-refractivity contribution < 1.29 is 9.53 Å². The maximum Gasteiger partial charge on any atom is 0.305 e. The van der Waals surface area contributed by atoms with Crippen LogP contribution in [0.2, 0.25) is 0 Å². The van der Waals surface area contributed by atoms with Gasteiger partial charge in [-0.2, -0.15) is 0 Å². The molecular weight excluding hydrogens is 535 g/mol. The molecule has 2 atom stereocenters. The molecule has 40 heavy (non-hydrogen) atoms. The van der Waals surface area contributed by atoms with Crippen LogP contribution in [-0.2, 0) is 9.53 Å². The normalized spacial score (nSPS) is 13.0. The van der Waals surface area contributed by atoms with Crippen LogP contribution < -0.4 is 0 Å². The van der Waals surface area contributed by atoms with E-state index in [1.807, 2.05) is 0 Å². The van der Waals surface area contributed by atoms with Crippen molar-refractivity contribution in [2.75, 3.05) is 6.61 Å². The largest absolute Gasteiger partial charge is 0.466 e. The van der Waals surface area contributed by atoms with Gasteiger partial charge in [-0.05, 0) is 25.7 Å². The number of unbranched alkanes of at least 4 members (excludes halogenated alkanes) is 24. The number of carbonyl (C=O) groups is 1. The predicted molar refractivity (Wildman–Crippen MR) is 180 cm³/mol. The molecule has 0 bridgehead atoms. The van der Waals surface area contributed by atoms with Crippen molar-refractivity contribution in [2.24, 2.45) is 0 Å². The number of esters is 1. The molecular formula is C36H70Cl2O2. The SMILES string of the molecule is CCCCCCCCCCCCCCCCCCOC(=O)CCCCCCCC(Cl)C(Cl)CCCCCCCC. The van der Waals surface area contributed by atoms with Crippen molar-refractivity contribution in [1.82, 2.24) is 0 Å². The van der Waals surface area contributed by atoms with Crippen molar-refractivity contribution in [3.05, 3.63) is 0 Å². The predicted octanol–water partition coefficient (Wildman–Crippen LogP) is 13.5. The minimum Gasteiger partial charge on any atom is -0.466 e. The van der Waals surface area contributed by atoms with Crippen molar-refractivity contribution >= 4 is 29.2 Å². The summed E-state index contributed by atoms with van der Waals surface area (Å²) >= 11 is 13.0. The quantitative estimate of drug-likeness (QED) is 0.0422. The zero-order valence-electron chi connectivity index (χ0n) is 27.1. The van der Waals surface area contributed by atoms with E-state index in [0.717, 1.165) is 38.5 Å². The molecule has 2 nitrogen and oxygen atoms in total. The van der Waals surface area contributed by atoms with E-state index in [-0.39, 0.29) is 16.7 Å². The second kappa shape index (κ2) is 33.6. The Morgan fingerprint density at radius 1 is 0.450 bits per heavy atom. The molecule has 240 valence electrons. The summed E-state index contributed by atoms with van der Waals surface area (Å²) in [6.07, 6.45) is 37.8. The second-order valence-electron chi connectivity index (χ2n) is 12.4. The average Bonchev–Trinajstić information content (AvgIpc) is 2.95. The summed E-state index contributed by atoms with van der Waals surface area (Å²) in [4.78, 5) is 12.0. The summed E-state index contributed by atoms with van der Waals surface area (Å²) in [5, 5.41) is 0.203. The minimum atomic E-state index is -0.0125. The van der Waals surface area contributed by atoms with Crippen LogP contribution in [0.15, 0.2) is 0 Å². The monoisotopic (exact) mass is 604 g/mol. The van der Waals surface area contributed by atoms with Crippen LogP contribution in [0, 0.1) is 0 Å². The van der Waals surface area contributed by atoms with Gasteiger partial charge in [-0.15, -0.1) is 23.2 Å². The summed E-state index contributed by atoms with van der Waals surface area (Å²) in [6.45, 7) is 5.14. The van der Waals surface area contributed by atoms with E-state index in [0.29, 0.717) is 13.0 Å². The number of carbonyl (C=O) groups excluding carboxylic acids is 1. The third-order valence-corrected chi connectivity index (χ3v) is 9.52. The van der Waals surface area contributed by atoms with Gasteiger partial charge in [0.2, 0.25) is 0 Å². The van der Waals surface area contributed by atoms with Crippen LogP contribution in [0.25, 0.3) is 0 Å². The highest BCUT2D eigenvalue weighted by atomic mass is 35.5. The molecule has 0 N–H and O–H groups in total. The maximum atomic E-state index is 12.0. The van der Waals surface area contributed by atoms with E-state index in [9.17, 15) is 4.79 Å². The molecule has 0 saturated carbocycles. The molecule has 0 heterocycles. The molecule has 4 heteroatoms. The van der Waals surface area contributed by atoms with Gasteiger partial charge in [0.1, 0.15) is 0 Å². The first-order chi connectivity index (χ1) is 19.6. The smallest absolute Gasteiger partial charge is 0.305 e. The highest BCUT2D eigenvalue weighted by Crippen LogP contribution is 2.23. The molecule has 0 radical (unpaired) electrons. The van der Waals surface area contributed by atoms with E-state index in [1.165, 1.54) is 148 Å². The first kappa shape index (κ1) is 40.1. The van der Waals surface area contributed by atoms with Gasteiger partial charge in [-0.1, -0.05) is 174 Å². The summed E-state index contributed by atoms with van der Waals surface area (Å²) in [5.74, 6) is -0.0125. The van der Waals surface area contributed by atoms with Crippen LogP contribution in [0.1, 0.15) is 206 Å². The Bertz CT molecular complexity index is 499. The lowest BCUT2D eigenvalue weighted by Gasteiger charge is -2.16. The van der Waals surface area contributed by atoms with Crippen LogP contribution in [-0.4, -0.2) is 23.3 Å². The second-order valence-corrected chi connectivity index (χ2v) is 13.5. The van der Waals surface area contributed by atoms with Crippen LogP contribution in [0.5, 0.6) is 0 Å². The standard InChI is InChI=1S/C36H70Cl2O2/c1-3-5-7-9-11-12-13-14-15-16-17-18-19-20-25-29-33-40-36(39)32-28-24-21-23-27-31-35(38)34(37)30-26-22-10-8-6-4-2/h34-35H,3-33H2,1-2H3. The Morgan fingerprint density at radius 3 is 1.12 bits per heavy atom. The number of hydrogen-bond donors (Lipinski definition) is 0. The Balaban J connectivity index is 3.31. The van der Waals surface area contributed by atoms with E-state index in [1.54, 1.807) is 0 Å². The minimum absolute atomic E-state index is 0.0125.